The van der Waals surface area contributed by atoms with Crippen molar-refractivity contribution in [2.45, 2.75) is 103 Å². The van der Waals surface area contributed by atoms with Crippen molar-refractivity contribution in [3.8, 4) is 0 Å². The lowest BCUT2D eigenvalue weighted by molar-refractivity contribution is -0.870. The van der Waals surface area contributed by atoms with Crippen LogP contribution < -0.4 is 0 Å². The van der Waals surface area contributed by atoms with Crippen molar-refractivity contribution in [1.82, 2.24) is 0 Å². The maximum absolute atomic E-state index is 11.8. The summed E-state index contributed by atoms with van der Waals surface area (Å²) in [7, 11) is 1.55. The van der Waals surface area contributed by atoms with Gasteiger partial charge >= 0.3 is 13.8 Å². The van der Waals surface area contributed by atoms with E-state index in [1.165, 1.54) is 38.5 Å². The number of quaternary nitrogens is 1. The molecule has 0 aromatic heterocycles. The first-order chi connectivity index (χ1) is 18.6. The van der Waals surface area contributed by atoms with Crippen molar-refractivity contribution in [3.63, 3.8) is 0 Å². The van der Waals surface area contributed by atoms with Crippen molar-refractivity contribution in [1.29, 1.82) is 0 Å². The highest BCUT2D eigenvalue weighted by Crippen LogP contribution is 2.43. The second kappa shape index (κ2) is 24.5. The van der Waals surface area contributed by atoms with Crippen LogP contribution in [-0.2, 0) is 23.1 Å². The lowest BCUT2D eigenvalue weighted by atomic mass is 10.1. The Morgan fingerprint density at radius 2 is 1.33 bits per heavy atom. The van der Waals surface area contributed by atoms with Crippen LogP contribution in [0.2, 0.25) is 0 Å². The number of rotatable bonds is 26. The van der Waals surface area contributed by atoms with Gasteiger partial charge in [0.25, 0.3) is 0 Å². The molecule has 0 aromatic rings. The van der Waals surface area contributed by atoms with Gasteiger partial charge in [0.2, 0.25) is 0 Å². The number of carbonyl (C=O) groups is 1. The molecule has 0 amide bonds. The van der Waals surface area contributed by atoms with E-state index in [0.717, 1.165) is 44.9 Å². The monoisotopic (exact) mass is 574 g/mol. The molecule has 0 fully saturated rings. The Morgan fingerprint density at radius 1 is 0.795 bits per heavy atom. The summed E-state index contributed by atoms with van der Waals surface area (Å²) >= 11 is 0. The Hall–Kier alpha value is -1.28. The lowest BCUT2D eigenvalue weighted by Gasteiger charge is -2.24. The molecule has 9 heteroatoms. The molecule has 0 aliphatic rings. The van der Waals surface area contributed by atoms with E-state index in [-0.39, 0.29) is 19.2 Å². The van der Waals surface area contributed by atoms with Gasteiger partial charge in [-0.1, -0.05) is 81.9 Å². The van der Waals surface area contributed by atoms with Gasteiger partial charge in [-0.2, -0.15) is 0 Å². The summed E-state index contributed by atoms with van der Waals surface area (Å²) < 4.78 is 27.1. The molecule has 0 aromatic carbocycles. The number of unbranched alkanes of at least 4 members (excludes halogenated alkanes) is 9. The molecule has 228 valence electrons. The Balaban J connectivity index is 3.60. The van der Waals surface area contributed by atoms with E-state index >= 15 is 0 Å². The number of carbonyl (C=O) groups excluding carboxylic acids is 1. The predicted octanol–water partition coefficient (Wildman–Crippen LogP) is 6.88. The highest BCUT2D eigenvalue weighted by Gasteiger charge is 2.24. The Bertz CT molecular complexity index is 731. The number of aliphatic hydroxyl groups is 1. The van der Waals surface area contributed by atoms with Crippen molar-refractivity contribution in [2.75, 3.05) is 47.5 Å². The molecule has 0 saturated carbocycles. The second-order valence-electron chi connectivity index (χ2n) is 11.0. The van der Waals surface area contributed by atoms with Gasteiger partial charge < -0.3 is 19.2 Å². The average molecular weight is 575 g/mol. The van der Waals surface area contributed by atoms with Crippen LogP contribution in [0, 0.1) is 0 Å². The molecule has 0 saturated heterocycles. The SMILES string of the molecule is CCCCC/C=C\C/C=C\C/C=C\CCCCCCCCC(=O)OCC(O)COP(=O)(O)OCC[N+](C)(C)C. The number of hydrogen-bond acceptors (Lipinski definition) is 6. The van der Waals surface area contributed by atoms with E-state index in [2.05, 4.69) is 43.4 Å². The summed E-state index contributed by atoms with van der Waals surface area (Å²) in [5, 5.41) is 9.85. The molecule has 0 spiro atoms. The number of nitrogens with zero attached hydrogens (tertiary/aromatic N) is 1. The number of hydrogen-bond donors (Lipinski definition) is 2. The van der Waals surface area contributed by atoms with Gasteiger partial charge in [-0.05, 0) is 44.9 Å². The summed E-state index contributed by atoms with van der Waals surface area (Å²) in [5.74, 6) is -0.386. The molecule has 0 aliphatic heterocycles. The van der Waals surface area contributed by atoms with Crippen LogP contribution in [-0.4, -0.2) is 74.1 Å². The van der Waals surface area contributed by atoms with Crippen LogP contribution in [0.1, 0.15) is 96.8 Å². The number of esters is 1. The third kappa shape index (κ3) is 29.5. The van der Waals surface area contributed by atoms with Crippen molar-refractivity contribution < 1.29 is 37.6 Å². The molecule has 8 nitrogen and oxygen atoms in total. The largest absolute Gasteiger partial charge is 0.472 e. The molecule has 0 aliphatic carbocycles. The number of phosphoric acid groups is 1. The van der Waals surface area contributed by atoms with Gasteiger partial charge in [0.1, 0.15) is 25.9 Å². The molecule has 2 N–H and O–H groups in total. The lowest BCUT2D eigenvalue weighted by Crippen LogP contribution is -2.37. The highest BCUT2D eigenvalue weighted by molar-refractivity contribution is 7.47. The van der Waals surface area contributed by atoms with Gasteiger partial charge in [0.15, 0.2) is 0 Å². The fourth-order valence-electron chi connectivity index (χ4n) is 3.49. The topological polar surface area (TPSA) is 102 Å². The van der Waals surface area contributed by atoms with E-state index in [0.29, 0.717) is 17.4 Å². The van der Waals surface area contributed by atoms with Gasteiger partial charge in [-0.3, -0.25) is 13.8 Å². The van der Waals surface area contributed by atoms with Crippen molar-refractivity contribution in [2.24, 2.45) is 0 Å². The number of likely N-dealkylation sites (N-methyl/N-ethyl adjacent to an activating group) is 1. The van der Waals surface area contributed by atoms with E-state index in [1.54, 1.807) is 0 Å². The average Bonchev–Trinajstić information content (AvgIpc) is 2.86. The first-order valence-electron chi connectivity index (χ1n) is 14.8. The number of allylic oxidation sites excluding steroid dienone is 6. The van der Waals surface area contributed by atoms with Crippen molar-refractivity contribution in [3.05, 3.63) is 36.5 Å². The van der Waals surface area contributed by atoms with Gasteiger partial charge in [-0.15, -0.1) is 0 Å². The van der Waals surface area contributed by atoms with E-state index < -0.39 is 20.5 Å². The smallest absolute Gasteiger partial charge is 0.463 e. The maximum Gasteiger partial charge on any atom is 0.472 e. The summed E-state index contributed by atoms with van der Waals surface area (Å²) in [5.41, 5.74) is 0. The molecular weight excluding hydrogens is 517 g/mol. The van der Waals surface area contributed by atoms with Crippen LogP contribution in [0.3, 0.4) is 0 Å². The molecule has 2 atom stereocenters. The number of ether oxygens (including phenoxy) is 1. The van der Waals surface area contributed by atoms with E-state index in [4.69, 9.17) is 13.8 Å². The molecule has 0 radical (unpaired) electrons. The quantitative estimate of drug-likeness (QED) is 0.0382. The number of phosphoric ester groups is 1. The third-order valence-corrected chi connectivity index (χ3v) is 6.89. The maximum atomic E-state index is 11.8. The van der Waals surface area contributed by atoms with Gasteiger partial charge in [-0.25, -0.2) is 4.57 Å². The summed E-state index contributed by atoms with van der Waals surface area (Å²) in [6.45, 7) is 2.08. The van der Waals surface area contributed by atoms with Crippen LogP contribution in [0.25, 0.3) is 0 Å². The van der Waals surface area contributed by atoms with Crippen LogP contribution in [0.15, 0.2) is 36.5 Å². The van der Waals surface area contributed by atoms with Crippen LogP contribution >= 0.6 is 7.82 Å². The normalized spacial score (nSPS) is 14.9. The zero-order chi connectivity index (χ0) is 29.2. The minimum absolute atomic E-state index is 0.0506. The minimum atomic E-state index is -4.25. The Labute approximate surface area is 238 Å². The molecular formula is C30H57NO7P+. The minimum Gasteiger partial charge on any atom is -0.463 e. The highest BCUT2D eigenvalue weighted by atomic mass is 31.2. The zero-order valence-corrected chi connectivity index (χ0v) is 26.0. The van der Waals surface area contributed by atoms with E-state index in [1.807, 2.05) is 21.1 Å². The van der Waals surface area contributed by atoms with Gasteiger partial charge in [0.05, 0.1) is 27.7 Å². The predicted molar refractivity (Wildman–Crippen MR) is 159 cm³/mol. The fraction of sp³-hybridized carbons (Fsp3) is 0.767. The van der Waals surface area contributed by atoms with Crippen molar-refractivity contribution >= 4 is 13.8 Å². The second-order valence-corrected chi connectivity index (χ2v) is 12.4. The summed E-state index contributed by atoms with van der Waals surface area (Å²) in [4.78, 5) is 21.5. The molecule has 0 rings (SSSR count). The molecule has 0 heterocycles. The molecule has 2 unspecified atom stereocenters. The van der Waals surface area contributed by atoms with E-state index in [9.17, 15) is 19.4 Å². The number of aliphatic hydroxyl groups excluding tert-OH is 1. The first kappa shape index (κ1) is 37.7. The zero-order valence-electron chi connectivity index (χ0n) is 25.1. The molecule has 39 heavy (non-hydrogen) atoms. The van der Waals surface area contributed by atoms with Gasteiger partial charge in [0, 0.05) is 6.42 Å². The Kier molecular flexibility index (Phi) is 23.7. The molecule has 0 bridgehead atoms. The van der Waals surface area contributed by atoms with Crippen LogP contribution in [0.5, 0.6) is 0 Å². The summed E-state index contributed by atoms with van der Waals surface area (Å²) in [6.07, 6.45) is 27.2. The summed E-state index contributed by atoms with van der Waals surface area (Å²) in [6, 6.07) is 0. The third-order valence-electron chi connectivity index (χ3n) is 5.90. The first-order valence-corrected chi connectivity index (χ1v) is 16.3. The van der Waals surface area contributed by atoms with Crippen LogP contribution in [0.4, 0.5) is 0 Å². The Morgan fingerprint density at radius 3 is 1.92 bits per heavy atom. The standard InChI is InChI=1S/C30H56NO7P/c1-5-6-7-8-9-10-11-12-13-14-15-16-17-18-19-20-21-22-23-24-30(33)36-27-29(32)28-38-39(34,35)37-26-25-31(2,3)4/h9-10,12-13,15-16,29,32H,5-8,11,14,17-28H2,1-4H3/p+1/b10-9-,13-12-,16-15-. The fourth-order valence-corrected chi connectivity index (χ4v) is 4.23.